The predicted molar refractivity (Wildman–Crippen MR) is 83.0 cm³/mol. The maximum absolute atomic E-state index is 5.92. The van der Waals surface area contributed by atoms with E-state index in [1.165, 1.54) is 0 Å². The van der Waals surface area contributed by atoms with Crippen LogP contribution in [0.1, 0.15) is 18.5 Å². The Labute approximate surface area is 125 Å². The van der Waals surface area contributed by atoms with E-state index >= 15 is 0 Å². The molecule has 21 heavy (non-hydrogen) atoms. The van der Waals surface area contributed by atoms with Crippen molar-refractivity contribution in [3.8, 4) is 17.2 Å². The quantitative estimate of drug-likeness (QED) is 0.795. The van der Waals surface area contributed by atoms with Crippen LogP contribution in [0, 0.1) is 0 Å². The van der Waals surface area contributed by atoms with Crippen molar-refractivity contribution >= 4 is 0 Å². The molecule has 0 saturated carbocycles. The van der Waals surface area contributed by atoms with Gasteiger partial charge in [-0.25, -0.2) is 0 Å². The summed E-state index contributed by atoms with van der Waals surface area (Å²) < 4.78 is 16.6. The van der Waals surface area contributed by atoms with Gasteiger partial charge < -0.3 is 19.9 Å². The molecule has 0 bridgehead atoms. The molecule has 112 valence electrons. The van der Waals surface area contributed by atoms with Crippen molar-refractivity contribution < 1.29 is 14.2 Å². The van der Waals surface area contributed by atoms with Crippen LogP contribution in [0.15, 0.2) is 48.5 Å². The van der Waals surface area contributed by atoms with Crippen LogP contribution in [0.5, 0.6) is 17.2 Å². The number of para-hydroxylation sites is 3. The van der Waals surface area contributed by atoms with Crippen molar-refractivity contribution in [1.82, 2.24) is 0 Å². The lowest BCUT2D eigenvalue weighted by atomic mass is 10.1. The molecule has 0 unspecified atom stereocenters. The zero-order valence-corrected chi connectivity index (χ0v) is 12.4. The van der Waals surface area contributed by atoms with E-state index < -0.39 is 0 Å². The molecule has 0 saturated heterocycles. The average Bonchev–Trinajstić information content (AvgIpc) is 2.52. The Hall–Kier alpha value is -2.20. The number of rotatable bonds is 7. The fourth-order valence-electron chi connectivity index (χ4n) is 2.03. The Morgan fingerprint density at radius 3 is 2.00 bits per heavy atom. The summed E-state index contributed by atoms with van der Waals surface area (Å²) in [6, 6.07) is 15.3. The van der Waals surface area contributed by atoms with Crippen LogP contribution in [-0.2, 0) is 0 Å². The standard InChI is InChI=1S/C17H21NO3/c1-13(18)14-7-3-4-8-15(14)20-11-12-21-17-10-6-5-9-16(17)19-2/h3-10,13H,11-12,18H2,1-2H3/t13-/m0/s1. The topological polar surface area (TPSA) is 53.7 Å². The molecule has 1 atom stereocenters. The summed E-state index contributed by atoms with van der Waals surface area (Å²) in [6.07, 6.45) is 0. The second-order valence-corrected chi connectivity index (χ2v) is 4.67. The third kappa shape index (κ3) is 4.13. The lowest BCUT2D eigenvalue weighted by molar-refractivity contribution is 0.210. The molecule has 0 aliphatic carbocycles. The number of benzene rings is 2. The van der Waals surface area contributed by atoms with Gasteiger partial charge in [0.05, 0.1) is 7.11 Å². The Bertz CT molecular complexity index is 569. The van der Waals surface area contributed by atoms with Crippen LogP contribution in [0.4, 0.5) is 0 Å². The number of nitrogens with two attached hydrogens (primary N) is 1. The van der Waals surface area contributed by atoms with Crippen molar-refractivity contribution in [3.63, 3.8) is 0 Å². The van der Waals surface area contributed by atoms with Gasteiger partial charge in [0.25, 0.3) is 0 Å². The number of methoxy groups -OCH3 is 1. The number of ether oxygens (including phenoxy) is 3. The zero-order valence-electron chi connectivity index (χ0n) is 12.4. The third-order valence-corrected chi connectivity index (χ3v) is 3.08. The molecular weight excluding hydrogens is 266 g/mol. The molecule has 0 aliphatic rings. The molecule has 0 fully saturated rings. The van der Waals surface area contributed by atoms with Gasteiger partial charge in [0.2, 0.25) is 0 Å². The zero-order chi connectivity index (χ0) is 15.1. The fraction of sp³-hybridized carbons (Fsp3) is 0.294. The van der Waals surface area contributed by atoms with Gasteiger partial charge >= 0.3 is 0 Å². The van der Waals surface area contributed by atoms with Crippen LogP contribution in [0.3, 0.4) is 0 Å². The highest BCUT2D eigenvalue weighted by atomic mass is 16.5. The van der Waals surface area contributed by atoms with Gasteiger partial charge in [0.15, 0.2) is 11.5 Å². The lowest BCUT2D eigenvalue weighted by Gasteiger charge is -2.14. The van der Waals surface area contributed by atoms with Crippen molar-refractivity contribution in [2.45, 2.75) is 13.0 Å². The van der Waals surface area contributed by atoms with Gasteiger partial charge in [-0.2, -0.15) is 0 Å². The van der Waals surface area contributed by atoms with E-state index in [0.29, 0.717) is 24.7 Å². The summed E-state index contributed by atoms with van der Waals surface area (Å²) in [5.41, 5.74) is 6.92. The molecule has 2 N–H and O–H groups in total. The molecule has 0 heterocycles. The van der Waals surface area contributed by atoms with Gasteiger partial charge in [-0.05, 0) is 25.1 Å². The number of hydrogen-bond acceptors (Lipinski definition) is 4. The molecule has 4 heteroatoms. The second-order valence-electron chi connectivity index (χ2n) is 4.67. The SMILES string of the molecule is COc1ccccc1OCCOc1ccccc1[C@H](C)N. The van der Waals surface area contributed by atoms with Gasteiger partial charge in [-0.1, -0.05) is 30.3 Å². The number of hydrogen-bond donors (Lipinski definition) is 1. The van der Waals surface area contributed by atoms with Crippen molar-refractivity contribution in [3.05, 3.63) is 54.1 Å². The first-order chi connectivity index (χ1) is 10.2. The maximum atomic E-state index is 5.92. The smallest absolute Gasteiger partial charge is 0.161 e. The minimum absolute atomic E-state index is 0.0589. The van der Waals surface area contributed by atoms with E-state index in [0.717, 1.165) is 11.3 Å². The first-order valence-electron chi connectivity index (χ1n) is 6.95. The lowest BCUT2D eigenvalue weighted by Crippen LogP contribution is -2.12. The first kappa shape index (κ1) is 15.2. The molecule has 0 spiro atoms. The molecule has 0 aromatic heterocycles. The van der Waals surface area contributed by atoms with E-state index in [1.807, 2.05) is 55.5 Å². The molecule has 0 radical (unpaired) electrons. The van der Waals surface area contributed by atoms with Gasteiger partial charge in [0, 0.05) is 11.6 Å². The molecule has 0 amide bonds. The molecule has 2 aromatic rings. The summed E-state index contributed by atoms with van der Waals surface area (Å²) >= 11 is 0. The fourth-order valence-corrected chi connectivity index (χ4v) is 2.03. The molecule has 2 aromatic carbocycles. The molecular formula is C17H21NO3. The molecule has 4 nitrogen and oxygen atoms in total. The van der Waals surface area contributed by atoms with E-state index in [4.69, 9.17) is 19.9 Å². The Morgan fingerprint density at radius 1 is 0.857 bits per heavy atom. The van der Waals surface area contributed by atoms with E-state index in [2.05, 4.69) is 0 Å². The van der Waals surface area contributed by atoms with E-state index in [1.54, 1.807) is 7.11 Å². The summed E-state index contributed by atoms with van der Waals surface area (Å²) in [5, 5.41) is 0. The van der Waals surface area contributed by atoms with Crippen LogP contribution in [0.2, 0.25) is 0 Å². The van der Waals surface area contributed by atoms with Gasteiger partial charge in [0.1, 0.15) is 19.0 Å². The highest BCUT2D eigenvalue weighted by Gasteiger charge is 2.07. The van der Waals surface area contributed by atoms with Gasteiger partial charge in [-0.15, -0.1) is 0 Å². The Kier molecular flexibility index (Phi) is 5.46. The highest BCUT2D eigenvalue weighted by Crippen LogP contribution is 2.26. The monoisotopic (exact) mass is 287 g/mol. The molecule has 0 aliphatic heterocycles. The van der Waals surface area contributed by atoms with Crippen LogP contribution >= 0.6 is 0 Å². The second kappa shape index (κ2) is 7.55. The highest BCUT2D eigenvalue weighted by molar-refractivity contribution is 5.39. The Morgan fingerprint density at radius 2 is 1.38 bits per heavy atom. The summed E-state index contributed by atoms with van der Waals surface area (Å²) in [7, 11) is 1.62. The molecule has 2 rings (SSSR count). The maximum Gasteiger partial charge on any atom is 0.161 e. The van der Waals surface area contributed by atoms with Crippen molar-refractivity contribution in [2.24, 2.45) is 5.73 Å². The summed E-state index contributed by atoms with van der Waals surface area (Å²) in [5.74, 6) is 2.23. The van der Waals surface area contributed by atoms with Crippen LogP contribution in [0.25, 0.3) is 0 Å². The van der Waals surface area contributed by atoms with E-state index in [9.17, 15) is 0 Å². The average molecular weight is 287 g/mol. The van der Waals surface area contributed by atoms with Crippen LogP contribution < -0.4 is 19.9 Å². The minimum Gasteiger partial charge on any atom is -0.493 e. The van der Waals surface area contributed by atoms with Crippen molar-refractivity contribution in [1.29, 1.82) is 0 Å². The largest absolute Gasteiger partial charge is 0.493 e. The minimum atomic E-state index is -0.0589. The predicted octanol–water partition coefficient (Wildman–Crippen LogP) is 3.17. The summed E-state index contributed by atoms with van der Waals surface area (Å²) in [6.45, 7) is 2.82. The Balaban J connectivity index is 1.88. The first-order valence-corrected chi connectivity index (χ1v) is 6.95. The third-order valence-electron chi connectivity index (χ3n) is 3.08. The normalized spacial score (nSPS) is 11.8. The van der Waals surface area contributed by atoms with E-state index in [-0.39, 0.29) is 6.04 Å². The van der Waals surface area contributed by atoms with Crippen LogP contribution in [-0.4, -0.2) is 20.3 Å². The van der Waals surface area contributed by atoms with Crippen molar-refractivity contribution in [2.75, 3.05) is 20.3 Å². The summed E-state index contributed by atoms with van der Waals surface area (Å²) in [4.78, 5) is 0. The van der Waals surface area contributed by atoms with Gasteiger partial charge in [-0.3, -0.25) is 0 Å².